The van der Waals surface area contributed by atoms with E-state index in [2.05, 4.69) is 11.0 Å². The monoisotopic (exact) mass is 274 g/mol. The summed E-state index contributed by atoms with van der Waals surface area (Å²) in [6.45, 7) is 7.31. The number of anilines is 1. The Bertz CT molecular complexity index is 448. The molecule has 1 aromatic rings. The highest BCUT2D eigenvalue weighted by atomic mass is 16.7. The zero-order valence-corrected chi connectivity index (χ0v) is 12.3. The standard InChI is InChI=1S/C14H16N2O2.C2H6/c15-11-12-1-3-13(4-2-12)16-7-5-14(6-8-16)17-9-10-18-14;1-2/h1-4H,5-10H2;1-2H3. The molecule has 108 valence electrons. The van der Waals surface area contributed by atoms with Gasteiger partial charge in [-0.3, -0.25) is 0 Å². The second-order valence-electron chi connectivity index (χ2n) is 4.75. The summed E-state index contributed by atoms with van der Waals surface area (Å²) in [5.74, 6) is -0.316. The maximum Gasteiger partial charge on any atom is 0.171 e. The number of benzene rings is 1. The van der Waals surface area contributed by atoms with Crippen LogP contribution in [-0.4, -0.2) is 32.1 Å². The molecule has 3 rings (SSSR count). The van der Waals surface area contributed by atoms with Gasteiger partial charge in [-0.1, -0.05) is 13.8 Å². The van der Waals surface area contributed by atoms with Crippen LogP contribution < -0.4 is 4.90 Å². The van der Waals surface area contributed by atoms with Crippen LogP contribution in [0.5, 0.6) is 0 Å². The molecule has 1 aromatic carbocycles. The van der Waals surface area contributed by atoms with Gasteiger partial charge in [0, 0.05) is 31.6 Å². The number of nitrogens with zero attached hydrogens (tertiary/aromatic N) is 2. The van der Waals surface area contributed by atoms with Crippen LogP contribution in [0, 0.1) is 11.3 Å². The highest BCUT2D eigenvalue weighted by molar-refractivity contribution is 5.50. The molecular weight excluding hydrogens is 252 g/mol. The van der Waals surface area contributed by atoms with Gasteiger partial charge in [0.05, 0.1) is 24.8 Å². The van der Waals surface area contributed by atoms with E-state index in [0.717, 1.165) is 39.1 Å². The molecule has 4 nitrogen and oxygen atoms in total. The summed E-state index contributed by atoms with van der Waals surface area (Å²) in [6, 6.07) is 9.88. The van der Waals surface area contributed by atoms with Crippen LogP contribution in [0.25, 0.3) is 0 Å². The Morgan fingerprint density at radius 3 is 2.10 bits per heavy atom. The van der Waals surface area contributed by atoms with Crippen molar-refractivity contribution in [1.29, 1.82) is 5.26 Å². The molecule has 1 spiro atoms. The van der Waals surface area contributed by atoms with Crippen LogP contribution in [-0.2, 0) is 9.47 Å². The molecular formula is C16H22N2O2. The molecule has 0 amide bonds. The molecule has 20 heavy (non-hydrogen) atoms. The largest absolute Gasteiger partial charge is 0.371 e. The Labute approximate surface area is 120 Å². The van der Waals surface area contributed by atoms with E-state index in [1.807, 2.05) is 38.1 Å². The number of hydrogen-bond donors (Lipinski definition) is 0. The van der Waals surface area contributed by atoms with E-state index < -0.39 is 0 Å². The lowest BCUT2D eigenvalue weighted by atomic mass is 10.0. The van der Waals surface area contributed by atoms with Crippen LogP contribution in [0.3, 0.4) is 0 Å². The second kappa shape index (κ2) is 6.74. The molecule has 0 bridgehead atoms. The summed E-state index contributed by atoms with van der Waals surface area (Å²) in [4.78, 5) is 2.32. The molecule has 0 aromatic heterocycles. The first-order valence-corrected chi connectivity index (χ1v) is 7.34. The lowest BCUT2D eigenvalue weighted by Crippen LogP contribution is -2.45. The van der Waals surface area contributed by atoms with Crippen molar-refractivity contribution < 1.29 is 9.47 Å². The topological polar surface area (TPSA) is 45.5 Å². The Balaban J connectivity index is 0.000000704. The molecule has 2 heterocycles. The Morgan fingerprint density at radius 1 is 1.05 bits per heavy atom. The minimum Gasteiger partial charge on any atom is -0.371 e. The highest BCUT2D eigenvalue weighted by Crippen LogP contribution is 2.33. The molecule has 0 saturated carbocycles. The maximum atomic E-state index is 8.78. The Morgan fingerprint density at radius 2 is 1.60 bits per heavy atom. The van der Waals surface area contributed by atoms with E-state index in [4.69, 9.17) is 14.7 Å². The number of hydrogen-bond acceptors (Lipinski definition) is 4. The van der Waals surface area contributed by atoms with Crippen molar-refractivity contribution in [3.8, 4) is 6.07 Å². The molecule has 2 fully saturated rings. The second-order valence-corrected chi connectivity index (χ2v) is 4.75. The van der Waals surface area contributed by atoms with E-state index in [-0.39, 0.29) is 5.79 Å². The van der Waals surface area contributed by atoms with Gasteiger partial charge in [-0.15, -0.1) is 0 Å². The first-order valence-electron chi connectivity index (χ1n) is 7.34. The van der Waals surface area contributed by atoms with Crippen LogP contribution in [0.4, 0.5) is 5.69 Å². The summed E-state index contributed by atoms with van der Waals surface area (Å²) < 4.78 is 11.4. The fourth-order valence-corrected chi connectivity index (χ4v) is 2.64. The first kappa shape index (κ1) is 14.8. The van der Waals surface area contributed by atoms with Gasteiger partial charge in [-0.2, -0.15) is 5.26 Å². The van der Waals surface area contributed by atoms with Gasteiger partial charge < -0.3 is 14.4 Å². The molecule has 2 aliphatic rings. The van der Waals surface area contributed by atoms with Crippen molar-refractivity contribution in [3.05, 3.63) is 29.8 Å². The maximum absolute atomic E-state index is 8.78. The summed E-state index contributed by atoms with van der Waals surface area (Å²) in [7, 11) is 0. The van der Waals surface area contributed by atoms with Gasteiger partial charge in [0.2, 0.25) is 0 Å². The molecule has 2 aliphatic heterocycles. The Kier molecular flexibility index (Phi) is 4.99. The van der Waals surface area contributed by atoms with E-state index in [9.17, 15) is 0 Å². The average molecular weight is 274 g/mol. The van der Waals surface area contributed by atoms with Gasteiger partial charge in [0.1, 0.15) is 0 Å². The van der Waals surface area contributed by atoms with Gasteiger partial charge in [-0.05, 0) is 24.3 Å². The summed E-state index contributed by atoms with van der Waals surface area (Å²) in [5.41, 5.74) is 1.87. The van der Waals surface area contributed by atoms with Crippen molar-refractivity contribution in [1.82, 2.24) is 0 Å². The molecule has 0 unspecified atom stereocenters. The smallest absolute Gasteiger partial charge is 0.171 e. The zero-order chi connectivity index (χ0) is 14.4. The van der Waals surface area contributed by atoms with E-state index in [0.29, 0.717) is 5.56 Å². The van der Waals surface area contributed by atoms with Crippen molar-refractivity contribution >= 4 is 5.69 Å². The first-order chi connectivity index (χ1) is 9.81. The van der Waals surface area contributed by atoms with Crippen molar-refractivity contribution in [2.45, 2.75) is 32.5 Å². The van der Waals surface area contributed by atoms with Gasteiger partial charge in [0.25, 0.3) is 0 Å². The van der Waals surface area contributed by atoms with Crippen molar-refractivity contribution in [2.75, 3.05) is 31.2 Å². The number of rotatable bonds is 1. The van der Waals surface area contributed by atoms with Crippen LogP contribution in [0.1, 0.15) is 32.3 Å². The van der Waals surface area contributed by atoms with Crippen molar-refractivity contribution in [3.63, 3.8) is 0 Å². The SMILES string of the molecule is CC.N#Cc1ccc(N2CCC3(CC2)OCCO3)cc1. The van der Waals surface area contributed by atoms with Gasteiger partial charge >= 0.3 is 0 Å². The average Bonchev–Trinajstić information content (AvgIpc) is 2.98. The molecule has 0 radical (unpaired) electrons. The third-order valence-corrected chi connectivity index (χ3v) is 3.70. The predicted molar refractivity (Wildman–Crippen MR) is 78.6 cm³/mol. The van der Waals surface area contributed by atoms with E-state index >= 15 is 0 Å². The fourth-order valence-electron chi connectivity index (χ4n) is 2.64. The Hall–Kier alpha value is -1.57. The number of nitriles is 1. The molecule has 0 aliphatic carbocycles. The van der Waals surface area contributed by atoms with Crippen LogP contribution >= 0.6 is 0 Å². The lowest BCUT2D eigenvalue weighted by molar-refractivity contribution is -0.169. The third-order valence-electron chi connectivity index (χ3n) is 3.70. The normalized spacial score (nSPS) is 20.1. The third kappa shape index (κ3) is 3.12. The van der Waals surface area contributed by atoms with Gasteiger partial charge in [-0.25, -0.2) is 0 Å². The molecule has 0 N–H and O–H groups in total. The fraction of sp³-hybridized carbons (Fsp3) is 0.562. The van der Waals surface area contributed by atoms with Crippen LogP contribution in [0.2, 0.25) is 0 Å². The zero-order valence-electron chi connectivity index (χ0n) is 12.3. The molecule has 4 heteroatoms. The predicted octanol–water partition coefficient (Wildman–Crippen LogP) is 2.93. The lowest BCUT2D eigenvalue weighted by Gasteiger charge is -2.38. The summed E-state index contributed by atoms with van der Waals surface area (Å²) in [5, 5.41) is 8.78. The number of piperidine rings is 1. The summed E-state index contributed by atoms with van der Waals surface area (Å²) >= 11 is 0. The quantitative estimate of drug-likeness (QED) is 0.790. The highest BCUT2D eigenvalue weighted by Gasteiger charge is 2.39. The van der Waals surface area contributed by atoms with Gasteiger partial charge in [0.15, 0.2) is 5.79 Å². The molecule has 2 saturated heterocycles. The number of ether oxygens (including phenoxy) is 2. The summed E-state index contributed by atoms with van der Waals surface area (Å²) in [6.07, 6.45) is 1.82. The molecule has 0 atom stereocenters. The van der Waals surface area contributed by atoms with Crippen LogP contribution in [0.15, 0.2) is 24.3 Å². The minimum atomic E-state index is -0.316. The van der Waals surface area contributed by atoms with E-state index in [1.54, 1.807) is 0 Å². The van der Waals surface area contributed by atoms with E-state index in [1.165, 1.54) is 5.69 Å². The van der Waals surface area contributed by atoms with Crippen molar-refractivity contribution in [2.24, 2.45) is 0 Å². The minimum absolute atomic E-state index is 0.316.